The molecule has 3 aromatic rings. The molecule has 0 aliphatic heterocycles. The number of rotatable bonds is 15. The van der Waals surface area contributed by atoms with E-state index in [4.69, 9.17) is 24.4 Å². The van der Waals surface area contributed by atoms with E-state index in [1.54, 1.807) is 21.1 Å². The average Bonchev–Trinajstić information content (AvgIpc) is 3.60. The first kappa shape index (κ1) is 29.6. The third-order valence-corrected chi connectivity index (χ3v) is 6.79. The molecule has 4 N–H and O–H groups in total. The summed E-state index contributed by atoms with van der Waals surface area (Å²) in [4.78, 5) is 9.36. The second kappa shape index (κ2) is 16.1. The minimum Gasteiger partial charge on any atom is -0.363 e. The second-order valence-corrected chi connectivity index (χ2v) is 10.3. The Balaban J connectivity index is 1.69. The minimum absolute atomic E-state index is 0.460. The molecular weight excluding hydrogens is 541 g/mol. The van der Waals surface area contributed by atoms with Crippen LogP contribution in [0.3, 0.4) is 0 Å². The maximum atomic E-state index is 5.32. The molecule has 3 heterocycles. The van der Waals surface area contributed by atoms with E-state index in [1.807, 2.05) is 18.5 Å². The smallest absolute Gasteiger partial charge is 0.191 e. The van der Waals surface area contributed by atoms with E-state index in [2.05, 4.69) is 72.6 Å². The van der Waals surface area contributed by atoms with Crippen LogP contribution in [0.2, 0.25) is 0 Å². The van der Waals surface area contributed by atoms with Crippen molar-refractivity contribution in [1.29, 1.82) is 0 Å². The molecule has 3 rings (SSSR count). The van der Waals surface area contributed by atoms with Crippen LogP contribution in [0.5, 0.6) is 0 Å². The Morgan fingerprint density at radius 3 is 1.71 bits per heavy atom. The van der Waals surface area contributed by atoms with E-state index in [1.165, 1.54) is 0 Å². The Hall–Kier alpha value is -2.91. The van der Waals surface area contributed by atoms with Crippen molar-refractivity contribution in [2.45, 2.75) is 71.1 Å². The molecule has 12 nitrogen and oxygen atoms in total. The molecule has 0 aromatic carbocycles. The SMILES string of the molecule is CCCCNC(=S)NCc1cn(-c2cc(-n3cc(CNC(=S)NCCCC)nn3)nc(SCCC)n2)nn1. The highest BCUT2D eigenvalue weighted by molar-refractivity contribution is 7.99. The van der Waals surface area contributed by atoms with Crippen LogP contribution in [0, 0.1) is 0 Å². The number of hydrogen-bond acceptors (Lipinski definition) is 9. The Labute approximate surface area is 238 Å². The summed E-state index contributed by atoms with van der Waals surface area (Å²) in [5.41, 5.74) is 1.48. The Kier molecular flexibility index (Phi) is 12.6. The molecule has 0 amide bonds. The van der Waals surface area contributed by atoms with Gasteiger partial charge in [-0.25, -0.2) is 19.3 Å². The fraction of sp³-hybridized carbons (Fsp3) is 0.565. The summed E-state index contributed by atoms with van der Waals surface area (Å²) in [5.74, 6) is 2.08. The Bertz CT molecular complexity index is 1080. The predicted octanol–water partition coefficient (Wildman–Crippen LogP) is 2.67. The Morgan fingerprint density at radius 2 is 1.26 bits per heavy atom. The van der Waals surface area contributed by atoms with Gasteiger partial charge in [0.1, 0.15) is 11.4 Å². The zero-order chi connectivity index (χ0) is 27.2. The average molecular weight is 577 g/mol. The van der Waals surface area contributed by atoms with Crippen molar-refractivity contribution >= 4 is 46.4 Å². The normalized spacial score (nSPS) is 10.8. The molecule has 15 heteroatoms. The highest BCUT2D eigenvalue weighted by Crippen LogP contribution is 2.19. The van der Waals surface area contributed by atoms with Crippen LogP contribution in [-0.4, -0.2) is 69.0 Å². The van der Waals surface area contributed by atoms with Crippen molar-refractivity contribution in [3.63, 3.8) is 0 Å². The third kappa shape index (κ3) is 9.76. The minimum atomic E-state index is 0.460. The standard InChI is InChI=1S/C23H36N12S3/c1-4-7-9-24-21(36)26-13-17-15-34(32-30-17)19-12-20(29-23(28-19)38-11-6-3)35-16-18(31-33-35)14-27-22(37)25-10-8-5-2/h12,15-16H,4-11,13-14H2,1-3H3,(H2,24,26,36)(H2,25,27,37). The van der Waals surface area contributed by atoms with Crippen molar-refractivity contribution in [3.8, 4) is 11.6 Å². The van der Waals surface area contributed by atoms with Gasteiger partial charge in [-0.3, -0.25) is 0 Å². The topological polar surface area (TPSA) is 135 Å². The number of nitrogens with zero attached hydrogens (tertiary/aromatic N) is 8. The van der Waals surface area contributed by atoms with E-state index >= 15 is 0 Å². The largest absolute Gasteiger partial charge is 0.363 e. The summed E-state index contributed by atoms with van der Waals surface area (Å²) in [6, 6.07) is 1.81. The molecule has 0 atom stereocenters. The van der Waals surface area contributed by atoms with Gasteiger partial charge in [0.2, 0.25) is 0 Å². The van der Waals surface area contributed by atoms with Gasteiger partial charge >= 0.3 is 0 Å². The van der Waals surface area contributed by atoms with Crippen molar-refractivity contribution in [2.75, 3.05) is 18.8 Å². The Morgan fingerprint density at radius 1 is 0.763 bits per heavy atom. The number of aromatic nitrogens is 8. The van der Waals surface area contributed by atoms with Crippen LogP contribution in [-0.2, 0) is 13.1 Å². The predicted molar refractivity (Wildman–Crippen MR) is 158 cm³/mol. The lowest BCUT2D eigenvalue weighted by molar-refractivity contribution is 0.720. The van der Waals surface area contributed by atoms with Crippen molar-refractivity contribution < 1.29 is 0 Å². The van der Waals surface area contributed by atoms with Crippen molar-refractivity contribution in [2.24, 2.45) is 0 Å². The number of thiocarbonyl (C=S) groups is 2. The fourth-order valence-corrected chi connectivity index (χ4v) is 4.15. The summed E-state index contributed by atoms with van der Waals surface area (Å²) < 4.78 is 3.26. The molecule has 0 aliphatic carbocycles. The zero-order valence-corrected chi connectivity index (χ0v) is 24.6. The lowest BCUT2D eigenvalue weighted by Crippen LogP contribution is -2.35. The quantitative estimate of drug-likeness (QED) is 0.0914. The lowest BCUT2D eigenvalue weighted by Gasteiger charge is -2.08. The number of nitrogens with one attached hydrogen (secondary N) is 4. The van der Waals surface area contributed by atoms with Gasteiger partial charge in [0.25, 0.3) is 0 Å². The second-order valence-electron chi connectivity index (χ2n) is 8.45. The molecule has 0 bridgehead atoms. The van der Waals surface area contributed by atoms with Gasteiger partial charge in [-0.1, -0.05) is 55.8 Å². The van der Waals surface area contributed by atoms with E-state index in [0.717, 1.165) is 62.3 Å². The van der Waals surface area contributed by atoms with Gasteiger partial charge in [0.15, 0.2) is 27.0 Å². The number of unbranched alkanes of at least 4 members (excludes halogenated alkanes) is 2. The van der Waals surface area contributed by atoms with Crippen LogP contribution in [0.25, 0.3) is 11.6 Å². The molecular formula is C23H36N12S3. The molecule has 0 unspecified atom stereocenters. The van der Waals surface area contributed by atoms with Crippen LogP contribution in [0.1, 0.15) is 64.3 Å². The summed E-state index contributed by atoms with van der Waals surface area (Å²) in [6.07, 6.45) is 9.02. The summed E-state index contributed by atoms with van der Waals surface area (Å²) >= 11 is 12.2. The maximum absolute atomic E-state index is 5.32. The van der Waals surface area contributed by atoms with Crippen LogP contribution < -0.4 is 21.3 Å². The highest BCUT2D eigenvalue weighted by atomic mass is 32.2. The van der Waals surface area contributed by atoms with Gasteiger partial charge < -0.3 is 21.3 Å². The molecule has 3 aromatic heterocycles. The number of hydrogen-bond donors (Lipinski definition) is 4. The first-order valence-electron chi connectivity index (χ1n) is 12.9. The molecule has 0 fully saturated rings. The summed E-state index contributed by atoms with van der Waals surface area (Å²) in [7, 11) is 0. The van der Waals surface area contributed by atoms with Crippen LogP contribution in [0.4, 0.5) is 0 Å². The molecule has 38 heavy (non-hydrogen) atoms. The van der Waals surface area contributed by atoms with E-state index < -0.39 is 0 Å². The van der Waals surface area contributed by atoms with E-state index in [9.17, 15) is 0 Å². The molecule has 0 saturated heterocycles. The van der Waals surface area contributed by atoms with Crippen molar-refractivity contribution in [1.82, 2.24) is 61.2 Å². The van der Waals surface area contributed by atoms with Crippen LogP contribution >= 0.6 is 36.2 Å². The van der Waals surface area contributed by atoms with Gasteiger partial charge in [0, 0.05) is 24.9 Å². The highest BCUT2D eigenvalue weighted by Gasteiger charge is 2.13. The first-order valence-corrected chi connectivity index (χ1v) is 14.7. The zero-order valence-electron chi connectivity index (χ0n) is 22.1. The fourth-order valence-electron chi connectivity index (χ4n) is 3.10. The van der Waals surface area contributed by atoms with Crippen LogP contribution in [0.15, 0.2) is 23.6 Å². The first-order chi connectivity index (χ1) is 18.5. The molecule has 0 saturated carbocycles. The third-order valence-electron chi connectivity index (χ3n) is 5.16. The monoisotopic (exact) mass is 576 g/mol. The lowest BCUT2D eigenvalue weighted by atomic mass is 10.3. The molecule has 0 spiro atoms. The van der Waals surface area contributed by atoms with Crippen molar-refractivity contribution in [3.05, 3.63) is 29.8 Å². The molecule has 206 valence electrons. The molecule has 0 aliphatic rings. The van der Waals surface area contributed by atoms with Gasteiger partial charge in [-0.05, 0) is 43.7 Å². The summed E-state index contributed by atoms with van der Waals surface area (Å²) in [6.45, 7) is 9.02. The number of thioether (sulfide) groups is 1. The van der Waals surface area contributed by atoms with Gasteiger partial charge in [-0.15, -0.1) is 10.2 Å². The van der Waals surface area contributed by atoms with Gasteiger partial charge in [0.05, 0.1) is 25.5 Å². The van der Waals surface area contributed by atoms with E-state index in [-0.39, 0.29) is 0 Å². The van der Waals surface area contributed by atoms with Gasteiger partial charge in [-0.2, -0.15) is 0 Å². The molecule has 0 radical (unpaired) electrons. The van der Waals surface area contributed by atoms with E-state index in [0.29, 0.717) is 40.1 Å². The maximum Gasteiger partial charge on any atom is 0.191 e. The summed E-state index contributed by atoms with van der Waals surface area (Å²) in [5, 5.41) is 31.6.